The first-order valence-corrected chi connectivity index (χ1v) is 7.51. The summed E-state index contributed by atoms with van der Waals surface area (Å²) < 4.78 is 0. The van der Waals surface area contributed by atoms with Crippen molar-refractivity contribution in [2.45, 2.75) is 45.6 Å². The summed E-state index contributed by atoms with van der Waals surface area (Å²) >= 11 is 0. The molecule has 0 bridgehead atoms. The Bertz CT molecular complexity index is 513. The monoisotopic (exact) mass is 255 g/mol. The van der Waals surface area contributed by atoms with E-state index >= 15 is 0 Å². The third kappa shape index (κ3) is 3.16. The minimum Gasteiger partial charge on any atom is -0.324 e. The summed E-state index contributed by atoms with van der Waals surface area (Å²) in [6, 6.07) is 15.2. The van der Waals surface area contributed by atoms with Gasteiger partial charge < -0.3 is 5.73 Å². The molecule has 2 atom stereocenters. The Morgan fingerprint density at radius 2 is 1.74 bits per heavy atom. The molecule has 0 aliphatic carbocycles. The van der Waals surface area contributed by atoms with Crippen LogP contribution in [-0.2, 0) is 0 Å². The third-order valence-electron chi connectivity index (χ3n) is 4.14. The summed E-state index contributed by atoms with van der Waals surface area (Å²) in [5, 5.41) is 2.60. The Morgan fingerprint density at radius 1 is 1.00 bits per heavy atom. The zero-order chi connectivity index (χ0) is 13.7. The maximum absolute atomic E-state index is 6.56. The van der Waals surface area contributed by atoms with E-state index in [0.29, 0.717) is 5.92 Å². The van der Waals surface area contributed by atoms with Crippen LogP contribution in [0.5, 0.6) is 0 Å². The van der Waals surface area contributed by atoms with Crippen LogP contribution >= 0.6 is 0 Å². The molecule has 0 fully saturated rings. The standard InChI is InChI=1S/C18H25N/c1-3-5-9-14(4-2)18(19)17-13-8-11-15-10-6-7-12-16(15)17/h6-8,10-14,18H,3-5,9,19H2,1-2H3. The third-order valence-corrected chi connectivity index (χ3v) is 4.14. The van der Waals surface area contributed by atoms with Crippen molar-refractivity contribution in [3.63, 3.8) is 0 Å². The number of hydrogen-bond donors (Lipinski definition) is 1. The van der Waals surface area contributed by atoms with Crippen LogP contribution in [0.25, 0.3) is 10.8 Å². The second-order valence-electron chi connectivity index (χ2n) is 5.40. The molecule has 19 heavy (non-hydrogen) atoms. The van der Waals surface area contributed by atoms with E-state index in [1.807, 2.05) is 0 Å². The van der Waals surface area contributed by atoms with Gasteiger partial charge in [-0.3, -0.25) is 0 Å². The number of rotatable bonds is 6. The van der Waals surface area contributed by atoms with E-state index in [2.05, 4.69) is 56.3 Å². The van der Waals surface area contributed by atoms with Crippen LogP contribution in [0.2, 0.25) is 0 Å². The van der Waals surface area contributed by atoms with Gasteiger partial charge in [0.15, 0.2) is 0 Å². The maximum Gasteiger partial charge on any atom is 0.0329 e. The Labute approximate surface area is 116 Å². The van der Waals surface area contributed by atoms with Gasteiger partial charge in [0.05, 0.1) is 0 Å². The molecule has 0 aliphatic heterocycles. The quantitative estimate of drug-likeness (QED) is 0.767. The SMILES string of the molecule is CCCCC(CC)C(N)c1cccc2ccccc12. The summed E-state index contributed by atoms with van der Waals surface area (Å²) in [6.07, 6.45) is 4.91. The van der Waals surface area contributed by atoms with E-state index in [1.54, 1.807) is 0 Å². The van der Waals surface area contributed by atoms with Gasteiger partial charge in [0.25, 0.3) is 0 Å². The molecule has 1 heteroatoms. The fourth-order valence-corrected chi connectivity index (χ4v) is 2.90. The lowest BCUT2D eigenvalue weighted by atomic mass is 9.85. The van der Waals surface area contributed by atoms with E-state index in [4.69, 9.17) is 5.73 Å². The smallest absolute Gasteiger partial charge is 0.0329 e. The summed E-state index contributed by atoms with van der Waals surface area (Å²) in [7, 11) is 0. The molecular formula is C18H25N. The topological polar surface area (TPSA) is 26.0 Å². The molecule has 0 radical (unpaired) electrons. The molecule has 2 rings (SSSR count). The highest BCUT2D eigenvalue weighted by Gasteiger charge is 2.18. The number of nitrogens with two attached hydrogens (primary N) is 1. The Balaban J connectivity index is 2.31. The van der Waals surface area contributed by atoms with Crippen LogP contribution < -0.4 is 5.73 Å². The molecule has 0 aromatic heterocycles. The molecule has 1 nitrogen and oxygen atoms in total. The van der Waals surface area contributed by atoms with Crippen LogP contribution in [0, 0.1) is 5.92 Å². The second-order valence-corrected chi connectivity index (χ2v) is 5.40. The molecule has 0 heterocycles. The summed E-state index contributed by atoms with van der Waals surface area (Å²) in [5.41, 5.74) is 7.86. The molecule has 2 unspecified atom stereocenters. The number of benzene rings is 2. The Hall–Kier alpha value is -1.34. The van der Waals surface area contributed by atoms with E-state index < -0.39 is 0 Å². The van der Waals surface area contributed by atoms with Crippen molar-refractivity contribution in [3.8, 4) is 0 Å². The lowest BCUT2D eigenvalue weighted by Crippen LogP contribution is -2.21. The number of hydrogen-bond acceptors (Lipinski definition) is 1. The Kier molecular flexibility index (Phi) is 4.98. The van der Waals surface area contributed by atoms with Crippen molar-refractivity contribution in [1.82, 2.24) is 0 Å². The minimum absolute atomic E-state index is 0.155. The minimum atomic E-state index is 0.155. The molecule has 2 N–H and O–H groups in total. The predicted octanol–water partition coefficient (Wildman–Crippen LogP) is 5.06. The van der Waals surface area contributed by atoms with Crippen LogP contribution in [0.4, 0.5) is 0 Å². The lowest BCUT2D eigenvalue weighted by Gasteiger charge is -2.24. The van der Waals surface area contributed by atoms with Crippen molar-refractivity contribution in [1.29, 1.82) is 0 Å². The molecule has 102 valence electrons. The molecule has 0 spiro atoms. The van der Waals surface area contributed by atoms with E-state index in [0.717, 1.165) is 6.42 Å². The average molecular weight is 255 g/mol. The van der Waals surface area contributed by atoms with Crippen molar-refractivity contribution in [2.24, 2.45) is 11.7 Å². The molecule has 2 aromatic carbocycles. The summed E-state index contributed by atoms with van der Waals surface area (Å²) in [4.78, 5) is 0. The first-order valence-electron chi connectivity index (χ1n) is 7.51. The zero-order valence-corrected chi connectivity index (χ0v) is 12.1. The number of unbranched alkanes of at least 4 members (excludes halogenated alkanes) is 1. The van der Waals surface area contributed by atoms with Crippen LogP contribution in [0.1, 0.15) is 51.1 Å². The van der Waals surface area contributed by atoms with Gasteiger partial charge in [0, 0.05) is 6.04 Å². The largest absolute Gasteiger partial charge is 0.324 e. The summed E-state index contributed by atoms with van der Waals surface area (Å²) in [5.74, 6) is 0.589. The van der Waals surface area contributed by atoms with Gasteiger partial charge in [0.1, 0.15) is 0 Å². The Morgan fingerprint density at radius 3 is 2.47 bits per heavy atom. The average Bonchev–Trinajstić information content (AvgIpc) is 2.47. The fourth-order valence-electron chi connectivity index (χ4n) is 2.90. The van der Waals surface area contributed by atoms with Gasteiger partial charge in [-0.2, -0.15) is 0 Å². The zero-order valence-electron chi connectivity index (χ0n) is 12.1. The van der Waals surface area contributed by atoms with Gasteiger partial charge in [0.2, 0.25) is 0 Å². The van der Waals surface area contributed by atoms with Gasteiger partial charge in [-0.25, -0.2) is 0 Å². The van der Waals surface area contributed by atoms with E-state index in [-0.39, 0.29) is 6.04 Å². The van der Waals surface area contributed by atoms with Gasteiger partial charge in [-0.15, -0.1) is 0 Å². The first kappa shape index (κ1) is 14.1. The van der Waals surface area contributed by atoms with Crippen molar-refractivity contribution >= 4 is 10.8 Å². The number of fused-ring (bicyclic) bond motifs is 1. The summed E-state index contributed by atoms with van der Waals surface area (Å²) in [6.45, 7) is 4.50. The predicted molar refractivity (Wildman–Crippen MR) is 84.2 cm³/mol. The van der Waals surface area contributed by atoms with Crippen LogP contribution in [-0.4, -0.2) is 0 Å². The highest BCUT2D eigenvalue weighted by molar-refractivity contribution is 5.86. The normalized spacial score (nSPS) is 14.5. The molecule has 0 aliphatic rings. The van der Waals surface area contributed by atoms with Crippen LogP contribution in [0.15, 0.2) is 42.5 Å². The fraction of sp³-hybridized carbons (Fsp3) is 0.444. The van der Waals surface area contributed by atoms with Crippen molar-refractivity contribution < 1.29 is 0 Å². The molecule has 2 aromatic rings. The molecule has 0 amide bonds. The highest BCUT2D eigenvalue weighted by Crippen LogP contribution is 2.31. The second kappa shape index (κ2) is 6.72. The van der Waals surface area contributed by atoms with Crippen molar-refractivity contribution in [2.75, 3.05) is 0 Å². The molecular weight excluding hydrogens is 230 g/mol. The highest BCUT2D eigenvalue weighted by atomic mass is 14.7. The lowest BCUT2D eigenvalue weighted by molar-refractivity contribution is 0.380. The van der Waals surface area contributed by atoms with Gasteiger partial charge in [-0.05, 0) is 28.7 Å². The van der Waals surface area contributed by atoms with Gasteiger partial charge >= 0.3 is 0 Å². The van der Waals surface area contributed by atoms with Gasteiger partial charge in [-0.1, -0.05) is 75.6 Å². The first-order chi connectivity index (χ1) is 9.27. The van der Waals surface area contributed by atoms with E-state index in [9.17, 15) is 0 Å². The van der Waals surface area contributed by atoms with Crippen molar-refractivity contribution in [3.05, 3.63) is 48.0 Å². The maximum atomic E-state index is 6.56. The molecule has 0 saturated carbocycles. The van der Waals surface area contributed by atoms with Crippen LogP contribution in [0.3, 0.4) is 0 Å². The van der Waals surface area contributed by atoms with E-state index in [1.165, 1.54) is 35.6 Å². The molecule has 0 saturated heterocycles.